The highest BCUT2D eigenvalue weighted by Crippen LogP contribution is 2.42. The molecule has 12 aromatic heterocycles. The molecule has 1 aliphatic carbocycles. The lowest BCUT2D eigenvalue weighted by molar-refractivity contribution is 0.0757. The first-order valence-corrected chi connectivity index (χ1v) is 42.0. The van der Waals surface area contributed by atoms with Gasteiger partial charge in [0.2, 0.25) is 0 Å². The highest BCUT2D eigenvalue weighted by Gasteiger charge is 2.36. The Morgan fingerprint density at radius 2 is 0.664 bits per heavy atom. The van der Waals surface area contributed by atoms with E-state index >= 15 is 0 Å². The van der Waals surface area contributed by atoms with Crippen LogP contribution in [0.15, 0.2) is 135 Å². The first-order valence-electron chi connectivity index (χ1n) is 42.0. The number of fused-ring (bicyclic) bond motifs is 20. The third-order valence-electron chi connectivity index (χ3n) is 24.5. The van der Waals surface area contributed by atoms with Gasteiger partial charge in [-0.2, -0.15) is 0 Å². The molecule has 21 rings (SSSR count). The van der Waals surface area contributed by atoms with Gasteiger partial charge in [-0.1, -0.05) is 12.1 Å². The molecule has 644 valence electrons. The Kier molecular flexibility index (Phi) is 22.4. The van der Waals surface area contributed by atoms with E-state index in [4.69, 9.17) is 10.7 Å². The topological polar surface area (TPSA) is 259 Å². The maximum atomic E-state index is 14.2. The Bertz CT molecular complexity index is 7010. The second-order valence-electron chi connectivity index (χ2n) is 33.4. The number of hydrogen-bond donors (Lipinski definition) is 2. The predicted molar refractivity (Wildman–Crippen MR) is 474 cm³/mol. The minimum absolute atomic E-state index is 0.0417. The number of halogens is 6. The lowest BCUT2D eigenvalue weighted by atomic mass is 10.1. The minimum atomic E-state index is -0.992. The highest BCUT2D eigenvalue weighted by molar-refractivity contribution is 6.18. The van der Waals surface area contributed by atoms with Crippen LogP contribution in [0.4, 0.5) is 49.1 Å². The Morgan fingerprint density at radius 1 is 0.352 bits per heavy atom. The van der Waals surface area contributed by atoms with E-state index in [1.807, 2.05) is 103 Å². The number of nitrogens with two attached hydrogens (primary N) is 1. The molecular formula is C91H94F6N24O4. The van der Waals surface area contributed by atoms with Gasteiger partial charge in [0.25, 0.3) is 23.6 Å². The highest BCUT2D eigenvalue weighted by atomic mass is 19.2. The van der Waals surface area contributed by atoms with Gasteiger partial charge in [0, 0.05) is 220 Å². The van der Waals surface area contributed by atoms with Crippen LogP contribution in [0.2, 0.25) is 0 Å². The van der Waals surface area contributed by atoms with Crippen LogP contribution in [-0.2, 0) is 0 Å². The summed E-state index contributed by atoms with van der Waals surface area (Å²) in [6.45, 7) is 12.1. The molecule has 1 saturated carbocycles. The van der Waals surface area contributed by atoms with Gasteiger partial charge in [-0.05, 0) is 129 Å². The van der Waals surface area contributed by atoms with Gasteiger partial charge < -0.3 is 60.0 Å². The number of nitrogens with zero attached hydrogens (tertiary/aromatic N) is 22. The van der Waals surface area contributed by atoms with Crippen molar-refractivity contribution in [3.05, 3.63) is 192 Å². The zero-order valence-corrected chi connectivity index (χ0v) is 70.7. The number of carbonyl (C=O) groups is 4. The van der Waals surface area contributed by atoms with E-state index < -0.39 is 34.9 Å². The second kappa shape index (κ2) is 33.8. The molecule has 4 amide bonds. The van der Waals surface area contributed by atoms with Crippen LogP contribution in [0.25, 0.3) is 110 Å². The molecule has 4 aliphatic heterocycles. The van der Waals surface area contributed by atoms with Crippen molar-refractivity contribution in [2.24, 2.45) is 0 Å². The summed E-state index contributed by atoms with van der Waals surface area (Å²) in [5.74, 6) is -6.28. The molecule has 0 atom stereocenters. The number of likely N-dealkylation sites (N-methyl/N-ethyl adjacent to an activating group) is 4. The van der Waals surface area contributed by atoms with E-state index in [0.717, 1.165) is 190 Å². The molecule has 16 aromatic rings. The molecule has 3 N–H and O–H groups in total. The van der Waals surface area contributed by atoms with Crippen molar-refractivity contribution in [3.8, 4) is 0 Å². The molecule has 125 heavy (non-hydrogen) atoms. The molecule has 4 aromatic carbocycles. The molecule has 34 heteroatoms. The Balaban J connectivity index is 0.000000113. The fraction of sp³-hybridized carbons (Fsp3) is 0.341. The smallest absolute Gasteiger partial charge is 0.259 e. The van der Waals surface area contributed by atoms with Crippen LogP contribution in [0.1, 0.15) is 80.0 Å². The van der Waals surface area contributed by atoms with Gasteiger partial charge >= 0.3 is 0 Å². The molecule has 0 radical (unpaired) electrons. The molecule has 0 spiro atoms. The number of para-hydroxylation sites is 2. The number of amides is 4. The van der Waals surface area contributed by atoms with Gasteiger partial charge in [0.1, 0.15) is 22.3 Å². The van der Waals surface area contributed by atoms with Crippen LogP contribution >= 0.6 is 0 Å². The Labute approximate surface area is 713 Å². The number of benzene rings is 4. The van der Waals surface area contributed by atoms with Crippen molar-refractivity contribution in [2.75, 3.05) is 182 Å². The van der Waals surface area contributed by atoms with Crippen molar-refractivity contribution in [3.63, 3.8) is 0 Å². The van der Waals surface area contributed by atoms with Crippen LogP contribution in [-0.4, -0.2) is 287 Å². The van der Waals surface area contributed by atoms with Crippen molar-refractivity contribution in [1.82, 2.24) is 96.7 Å². The predicted octanol–water partition coefficient (Wildman–Crippen LogP) is 12.4. The normalized spacial score (nSPS) is 16.3. The van der Waals surface area contributed by atoms with Crippen molar-refractivity contribution >= 4 is 157 Å². The number of nitrogen functional groups attached to an aromatic ring is 1. The van der Waals surface area contributed by atoms with E-state index in [9.17, 15) is 45.5 Å². The average molecular weight is 1700 g/mol. The first kappa shape index (κ1) is 82.8. The minimum Gasteiger partial charge on any atom is -0.397 e. The monoisotopic (exact) mass is 1700 g/mol. The standard InChI is InChI=1S/C24H24F2N6O.C23H24F2N6O.C23H26N6O.C21H20F2N6O/c1-30-7-2-8-31(10-9-30)24(33)21-22(28-14-3-4-14)15-13-27-6-5-19(15)32-20-12-17(26)16(25)11-18(20)29-23(21)32;1-28(2)21-14-13-26-6-5-18(14)31-19-12-16(25)15(24)11-17(19)27-22(31)20(21)23(32)30-8-4-7-29(3)9-10-30;1-26(2)21-16-15-24-10-9-18(16)29-19-8-5-4-7-17(19)25-22(29)20(21)23(30)28-12-6-11-27(3)13-14-28;1-27-5-2-6-28(8-7-27)21(30)18-19(24)12-11-25-4-3-16(12)29-17-10-14(23)13(22)9-15(17)26-20(18)29/h5-6,11-14,28H,2-4,7-10H2,1H3;5-6,11-13H,4,7-10H2,1-3H3;4-5,7-10,15H,6,11-14H2,1-3H3;3-4,9-11H,2,5-8,24H2,1H3. The lowest BCUT2D eigenvalue weighted by Gasteiger charge is -2.26. The van der Waals surface area contributed by atoms with E-state index in [-0.39, 0.29) is 52.1 Å². The lowest BCUT2D eigenvalue weighted by Crippen LogP contribution is -2.35. The zero-order valence-electron chi connectivity index (χ0n) is 70.7. The maximum absolute atomic E-state index is 14.2. The van der Waals surface area contributed by atoms with Gasteiger partial charge in [0.05, 0.1) is 88.9 Å². The number of imidazole rings is 4. The summed E-state index contributed by atoms with van der Waals surface area (Å²) in [6.07, 6.45) is 19.1. The molecule has 0 bridgehead atoms. The van der Waals surface area contributed by atoms with Gasteiger partial charge in [0.15, 0.2) is 57.5 Å². The van der Waals surface area contributed by atoms with E-state index in [1.165, 1.54) is 0 Å². The van der Waals surface area contributed by atoms with Crippen molar-refractivity contribution in [1.29, 1.82) is 0 Å². The van der Waals surface area contributed by atoms with Gasteiger partial charge in [-0.15, -0.1) is 0 Å². The van der Waals surface area contributed by atoms with Crippen LogP contribution in [0.5, 0.6) is 0 Å². The average Bonchev–Trinajstić information content (AvgIpc) is 1.62. The molecular weight excluding hydrogens is 1610 g/mol. The number of nitrogens with one attached hydrogen (secondary N) is 1. The summed E-state index contributed by atoms with van der Waals surface area (Å²) in [5, 5.41) is 6.54. The first-order chi connectivity index (χ1) is 60.4. The van der Waals surface area contributed by atoms with Gasteiger partial charge in [-0.25, -0.2) is 46.3 Å². The maximum Gasteiger partial charge on any atom is 0.259 e. The number of carbonyl (C=O) groups excluding carboxylic acids is 4. The molecule has 5 aliphatic rings. The summed E-state index contributed by atoms with van der Waals surface area (Å²) in [6, 6.07) is 22.3. The molecule has 28 nitrogen and oxygen atoms in total. The summed E-state index contributed by atoms with van der Waals surface area (Å²) in [7, 11) is 15.9. The molecule has 16 heterocycles. The third-order valence-corrected chi connectivity index (χ3v) is 24.5. The molecule has 4 saturated heterocycles. The summed E-state index contributed by atoms with van der Waals surface area (Å²) in [5.41, 5.74) is 19.5. The number of rotatable bonds is 8. The fourth-order valence-corrected chi connectivity index (χ4v) is 17.9. The van der Waals surface area contributed by atoms with E-state index in [1.54, 1.807) is 73.6 Å². The number of hydrogen-bond acceptors (Lipinski definition) is 20. The largest absolute Gasteiger partial charge is 0.397 e. The SMILES string of the molecule is CN1CCCN(C(=O)c2c(N(C)C)c3cnccc3n3c2nc2cc(F)c(F)cc23)CC1.CN1CCCN(C(=O)c2c(N(C)C)c3cnccc3n3c2nc2ccccc23)CC1.CN1CCCN(C(=O)c2c(N)c3cnccc3n3c2nc2cc(F)c(F)cc23)CC1.CN1CCCN(C(=O)c2c(NC3CC3)c3cnccc3n3c2nc2cc(F)c(F)cc23)CC1. The van der Waals surface area contributed by atoms with Gasteiger partial charge in [-0.3, -0.25) is 56.7 Å². The van der Waals surface area contributed by atoms with E-state index in [0.29, 0.717) is 123 Å². The van der Waals surface area contributed by atoms with Crippen LogP contribution < -0.4 is 20.9 Å². The van der Waals surface area contributed by atoms with Crippen molar-refractivity contribution < 1.29 is 45.5 Å². The fourth-order valence-electron chi connectivity index (χ4n) is 17.9. The Morgan fingerprint density at radius 3 is 1.06 bits per heavy atom. The van der Waals surface area contributed by atoms with Crippen LogP contribution in [0.3, 0.4) is 0 Å². The summed E-state index contributed by atoms with van der Waals surface area (Å²) < 4.78 is 91.6. The summed E-state index contributed by atoms with van der Waals surface area (Å²) >= 11 is 0. The van der Waals surface area contributed by atoms with E-state index in [2.05, 4.69) is 84.4 Å². The molecule has 0 unspecified atom stereocenters. The zero-order chi connectivity index (χ0) is 87.1. The number of aromatic nitrogens is 12. The summed E-state index contributed by atoms with van der Waals surface area (Å²) in [4.78, 5) is 111. The number of anilines is 4. The molecule has 5 fully saturated rings. The third kappa shape index (κ3) is 15.3. The quantitative estimate of drug-likeness (QED) is 0.134. The van der Waals surface area contributed by atoms with Crippen molar-refractivity contribution in [2.45, 2.75) is 44.6 Å². The Hall–Kier alpha value is -13.2. The number of pyridine rings is 8. The second-order valence-corrected chi connectivity index (χ2v) is 33.4. The van der Waals surface area contributed by atoms with Crippen LogP contribution in [0, 0.1) is 34.9 Å².